The van der Waals surface area contributed by atoms with Crippen LogP contribution >= 0.6 is 11.6 Å². The van der Waals surface area contributed by atoms with Crippen LogP contribution in [0.4, 0.5) is 5.82 Å². The van der Waals surface area contributed by atoms with E-state index in [-0.39, 0.29) is 17.6 Å². The third kappa shape index (κ3) is 4.87. The molecular weight excluding hydrogens is 534 g/mol. The highest BCUT2D eigenvalue weighted by Crippen LogP contribution is 2.48. The van der Waals surface area contributed by atoms with E-state index in [0.717, 1.165) is 22.5 Å². The van der Waals surface area contributed by atoms with Crippen LogP contribution in [0.1, 0.15) is 54.0 Å². The molecule has 41 heavy (non-hydrogen) atoms. The van der Waals surface area contributed by atoms with Crippen LogP contribution in [0, 0.1) is 13.8 Å². The molecule has 206 valence electrons. The van der Waals surface area contributed by atoms with Crippen LogP contribution in [0.15, 0.2) is 102 Å². The predicted molar refractivity (Wildman–Crippen MR) is 160 cm³/mol. The number of nitrogens with zero attached hydrogens (tertiary/aromatic N) is 3. The van der Waals surface area contributed by atoms with Gasteiger partial charge in [-0.3, -0.25) is 9.59 Å². The van der Waals surface area contributed by atoms with Crippen molar-refractivity contribution in [2.24, 2.45) is 0 Å². The number of aromatic nitrogens is 3. The number of rotatable bonds is 5. The lowest BCUT2D eigenvalue weighted by atomic mass is 9.71. The summed E-state index contributed by atoms with van der Waals surface area (Å²) >= 11 is 7.08. The molecule has 2 aromatic carbocycles. The number of ketones is 1. The van der Waals surface area contributed by atoms with E-state index in [0.29, 0.717) is 51.9 Å². The molecule has 1 amide bonds. The van der Waals surface area contributed by atoms with Crippen molar-refractivity contribution in [1.29, 1.82) is 0 Å². The second kappa shape index (κ2) is 10.8. The molecule has 0 fully saturated rings. The highest BCUT2D eigenvalue weighted by molar-refractivity contribution is 6.31. The number of carbonyl (C=O) groups excluding carboxylic acids is 2. The Labute approximate surface area is 244 Å². The molecule has 0 saturated heterocycles. The van der Waals surface area contributed by atoms with Gasteiger partial charge in [0.1, 0.15) is 11.0 Å². The highest BCUT2D eigenvalue weighted by atomic mass is 35.5. The van der Waals surface area contributed by atoms with Gasteiger partial charge in [-0.2, -0.15) is 5.10 Å². The molecule has 4 aromatic rings. The third-order valence-corrected chi connectivity index (χ3v) is 8.29. The molecule has 2 atom stereocenters. The molecule has 7 nitrogen and oxygen atoms in total. The zero-order valence-corrected chi connectivity index (χ0v) is 23.9. The van der Waals surface area contributed by atoms with Gasteiger partial charge in [-0.05, 0) is 62.4 Å². The molecule has 2 aromatic heterocycles. The number of pyridine rings is 1. The lowest BCUT2D eigenvalue weighted by molar-refractivity contribution is -0.116. The highest BCUT2D eigenvalue weighted by Gasteiger charge is 2.43. The van der Waals surface area contributed by atoms with Gasteiger partial charge in [0.2, 0.25) is 0 Å². The van der Waals surface area contributed by atoms with Crippen molar-refractivity contribution in [3.05, 3.63) is 129 Å². The maximum absolute atomic E-state index is 14.0. The first kappa shape index (κ1) is 26.7. The molecule has 1 aliphatic heterocycles. The average Bonchev–Trinajstić information content (AvgIpc) is 3.27. The van der Waals surface area contributed by atoms with E-state index in [9.17, 15) is 9.59 Å². The quantitative estimate of drug-likeness (QED) is 0.288. The summed E-state index contributed by atoms with van der Waals surface area (Å²) < 4.78 is 1.67. The molecule has 2 N–H and O–H groups in total. The molecule has 0 bridgehead atoms. The normalized spacial score (nSPS) is 18.7. The van der Waals surface area contributed by atoms with Crippen molar-refractivity contribution in [1.82, 2.24) is 20.1 Å². The summed E-state index contributed by atoms with van der Waals surface area (Å²) in [4.78, 5) is 32.4. The Hall–Kier alpha value is -4.49. The average molecular weight is 564 g/mol. The fourth-order valence-electron chi connectivity index (χ4n) is 5.96. The van der Waals surface area contributed by atoms with Crippen molar-refractivity contribution in [2.75, 3.05) is 5.32 Å². The minimum Gasteiger partial charge on any atom is -0.362 e. The Morgan fingerprint density at radius 3 is 2.39 bits per heavy atom. The minimum atomic E-state index is -0.690. The molecule has 8 heteroatoms. The molecule has 2 unspecified atom stereocenters. The van der Waals surface area contributed by atoms with Gasteiger partial charge in [0, 0.05) is 40.7 Å². The number of aryl methyl sites for hydroxylation is 2. The number of para-hydroxylation sites is 1. The first-order valence-electron chi connectivity index (χ1n) is 13.7. The summed E-state index contributed by atoms with van der Waals surface area (Å²) in [7, 11) is 0. The standard InChI is InChI=1S/C33H30ClN5O2/c1-19-11-10-16-35-32(19)37-33(41)28-20(2)36-25-17-23(22-12-6-4-7-13-22)18-26(40)29(25)30(28)27-21(3)38-39(31(27)34)24-14-8-5-9-15-24/h4-16,23,30,36H,17-18H2,1-3H3,(H,35,37,41). The van der Waals surface area contributed by atoms with Crippen LogP contribution in [0.25, 0.3) is 5.69 Å². The van der Waals surface area contributed by atoms with E-state index < -0.39 is 5.92 Å². The number of Topliss-reactive ketones (excluding diaryl/α,β-unsaturated/α-hetero) is 1. The lowest BCUT2D eigenvalue weighted by Crippen LogP contribution is -2.37. The fourth-order valence-corrected chi connectivity index (χ4v) is 6.34. The van der Waals surface area contributed by atoms with Gasteiger partial charge in [0.05, 0.1) is 17.3 Å². The Morgan fingerprint density at radius 1 is 0.976 bits per heavy atom. The fraction of sp³-hybridized carbons (Fsp3) is 0.212. The zero-order chi connectivity index (χ0) is 28.7. The topological polar surface area (TPSA) is 88.9 Å². The van der Waals surface area contributed by atoms with Gasteiger partial charge >= 0.3 is 0 Å². The molecule has 6 rings (SSSR count). The Bertz CT molecular complexity index is 1720. The van der Waals surface area contributed by atoms with Crippen molar-refractivity contribution in [2.45, 2.75) is 45.4 Å². The summed E-state index contributed by atoms with van der Waals surface area (Å²) in [6.45, 7) is 5.63. The second-order valence-electron chi connectivity index (χ2n) is 10.6. The number of hydrogen-bond donors (Lipinski definition) is 2. The molecule has 2 aliphatic rings. The second-order valence-corrected chi connectivity index (χ2v) is 10.9. The number of dihydropyridines is 1. The van der Waals surface area contributed by atoms with Crippen molar-refractivity contribution in [3.63, 3.8) is 0 Å². The number of benzene rings is 2. The van der Waals surface area contributed by atoms with Gasteiger partial charge in [0.15, 0.2) is 5.78 Å². The van der Waals surface area contributed by atoms with Gasteiger partial charge in [-0.25, -0.2) is 9.67 Å². The van der Waals surface area contributed by atoms with Crippen LogP contribution in [-0.4, -0.2) is 26.5 Å². The molecule has 0 saturated carbocycles. The number of carbonyl (C=O) groups is 2. The van der Waals surface area contributed by atoms with E-state index in [2.05, 4.69) is 27.8 Å². The lowest BCUT2D eigenvalue weighted by Gasteiger charge is -2.37. The van der Waals surface area contributed by atoms with Crippen molar-refractivity contribution < 1.29 is 9.59 Å². The monoisotopic (exact) mass is 563 g/mol. The summed E-state index contributed by atoms with van der Waals surface area (Å²) in [6, 6.07) is 23.4. The van der Waals surface area contributed by atoms with E-state index in [1.165, 1.54) is 0 Å². The number of allylic oxidation sites excluding steroid dienone is 3. The minimum absolute atomic E-state index is 0.00709. The third-order valence-electron chi connectivity index (χ3n) is 7.92. The summed E-state index contributed by atoms with van der Waals surface area (Å²) in [5.74, 6) is -0.525. The predicted octanol–water partition coefficient (Wildman–Crippen LogP) is 6.54. The number of nitrogens with one attached hydrogen (secondary N) is 2. The van der Waals surface area contributed by atoms with E-state index >= 15 is 0 Å². The van der Waals surface area contributed by atoms with Gasteiger partial charge in [-0.15, -0.1) is 0 Å². The van der Waals surface area contributed by atoms with Crippen LogP contribution in [0.2, 0.25) is 5.15 Å². The SMILES string of the molecule is CC1=C(C(=O)Nc2ncccc2C)C(c2c(C)nn(-c3ccccc3)c2Cl)C2=C(CC(c3ccccc3)CC2=O)N1. The van der Waals surface area contributed by atoms with Crippen LogP contribution in [0.3, 0.4) is 0 Å². The first-order valence-corrected chi connectivity index (χ1v) is 14.0. The molecule has 0 spiro atoms. The molecular formula is C33H30ClN5O2. The van der Waals surface area contributed by atoms with Crippen molar-refractivity contribution >= 4 is 29.1 Å². The Balaban J connectivity index is 1.49. The van der Waals surface area contributed by atoms with Crippen LogP contribution < -0.4 is 10.6 Å². The smallest absolute Gasteiger partial charge is 0.255 e. The van der Waals surface area contributed by atoms with Crippen LogP contribution in [-0.2, 0) is 9.59 Å². The van der Waals surface area contributed by atoms with Gasteiger partial charge in [0.25, 0.3) is 5.91 Å². The molecule has 0 radical (unpaired) electrons. The van der Waals surface area contributed by atoms with Crippen molar-refractivity contribution in [3.8, 4) is 5.69 Å². The number of hydrogen-bond acceptors (Lipinski definition) is 5. The van der Waals surface area contributed by atoms with Gasteiger partial charge in [-0.1, -0.05) is 66.2 Å². The summed E-state index contributed by atoms with van der Waals surface area (Å²) in [5, 5.41) is 11.6. The molecule has 1 aliphatic carbocycles. The van der Waals surface area contributed by atoms with Crippen LogP contribution in [0.5, 0.6) is 0 Å². The van der Waals surface area contributed by atoms with E-state index in [1.807, 2.05) is 81.4 Å². The zero-order valence-electron chi connectivity index (χ0n) is 23.1. The Morgan fingerprint density at radius 2 is 1.68 bits per heavy atom. The van der Waals surface area contributed by atoms with E-state index in [1.54, 1.807) is 10.9 Å². The maximum atomic E-state index is 14.0. The first-order chi connectivity index (χ1) is 19.8. The van der Waals surface area contributed by atoms with E-state index in [4.69, 9.17) is 16.7 Å². The largest absolute Gasteiger partial charge is 0.362 e. The molecule has 3 heterocycles. The number of amides is 1. The summed E-state index contributed by atoms with van der Waals surface area (Å²) in [5.41, 5.74) is 6.56. The van der Waals surface area contributed by atoms with Gasteiger partial charge < -0.3 is 10.6 Å². The maximum Gasteiger partial charge on any atom is 0.255 e. The number of halogens is 1. The summed E-state index contributed by atoms with van der Waals surface area (Å²) in [6.07, 6.45) is 2.63. The Kier molecular flexibility index (Phi) is 7.05. The number of anilines is 1.